The van der Waals surface area contributed by atoms with Crippen molar-refractivity contribution in [2.24, 2.45) is 0 Å². The van der Waals surface area contributed by atoms with Gasteiger partial charge in [-0.3, -0.25) is 0 Å². The molecule has 20 heteroatoms. The monoisotopic (exact) mass is 1080 g/mol. The molecule has 0 radical (unpaired) electrons. The number of piperazine rings is 3. The van der Waals surface area contributed by atoms with Gasteiger partial charge in [-0.15, -0.1) is 0 Å². The summed E-state index contributed by atoms with van der Waals surface area (Å²) < 4.78 is 16.5. The zero-order valence-corrected chi connectivity index (χ0v) is 47.6. The maximum Gasteiger partial charge on any atom is 0.410 e. The fourth-order valence-corrected chi connectivity index (χ4v) is 11.2. The number of anilines is 7. The number of nitrogens with two attached hydrogens (primary N) is 1. The first kappa shape index (κ1) is 56.2. The van der Waals surface area contributed by atoms with E-state index in [0.717, 1.165) is 74.6 Å². The molecule has 6 saturated heterocycles. The van der Waals surface area contributed by atoms with Gasteiger partial charge in [0.1, 0.15) is 34.1 Å². The van der Waals surface area contributed by atoms with Crippen molar-refractivity contribution in [1.82, 2.24) is 44.9 Å². The fourth-order valence-electron chi connectivity index (χ4n) is 11.2. The van der Waals surface area contributed by atoms with Crippen LogP contribution in [0.15, 0.2) is 91.3 Å². The maximum absolute atomic E-state index is 12.7. The Labute approximate surface area is 465 Å². The van der Waals surface area contributed by atoms with E-state index in [2.05, 4.69) is 74.9 Å². The summed E-state index contributed by atoms with van der Waals surface area (Å²) in [7, 11) is 0. The van der Waals surface area contributed by atoms with Crippen LogP contribution in [0.3, 0.4) is 0 Å². The molecule has 0 saturated carbocycles. The Morgan fingerprint density at radius 2 is 0.975 bits per heavy atom. The molecule has 2 aromatic carbocycles. The lowest BCUT2D eigenvalue weighted by atomic mass is 10.1. The van der Waals surface area contributed by atoms with Crippen LogP contribution in [0.2, 0.25) is 0 Å². The highest BCUT2D eigenvalue weighted by molar-refractivity contribution is 5.71. The number of nitrogens with zero attached hydrogens (tertiary/aromatic N) is 10. The molecule has 20 nitrogen and oxygen atoms in total. The number of hydrogen-bond donors (Lipinski definition) is 4. The van der Waals surface area contributed by atoms with Gasteiger partial charge in [-0.1, -0.05) is 6.07 Å². The third kappa shape index (κ3) is 15.0. The molecule has 9 heterocycles. The van der Waals surface area contributed by atoms with Gasteiger partial charge in [0, 0.05) is 116 Å². The highest BCUT2D eigenvalue weighted by Gasteiger charge is 2.44. The van der Waals surface area contributed by atoms with E-state index in [1.165, 1.54) is 18.5 Å². The molecule has 6 bridgehead atoms. The average Bonchev–Trinajstić information content (AvgIpc) is 4.18. The number of amides is 3. The lowest BCUT2D eigenvalue weighted by molar-refractivity contribution is 0.0184. The number of likely N-dealkylation sites (tertiary alicyclic amines) is 3. The summed E-state index contributed by atoms with van der Waals surface area (Å²) in [4.78, 5) is 69.7. The van der Waals surface area contributed by atoms with Gasteiger partial charge in [-0.05, 0) is 181 Å². The van der Waals surface area contributed by atoms with Crippen LogP contribution in [0.25, 0.3) is 11.5 Å². The first-order valence-corrected chi connectivity index (χ1v) is 27.8. The molecule has 6 unspecified atom stereocenters. The molecule has 5 N–H and O–H groups in total. The minimum absolute atomic E-state index is 0.166. The SMILES string of the molecule is CC(C)(C)OC(=O)N1CC2CCC(C1)N2.CC(C)(C)OC(=O)N1CC2CCC(C1)N2c1ccc(N)cc1.Cc1cccc(-c2nccc(Nc3ccnc(Nc4ccc(N5C6CCC5CN(C(=O)OC(C)(C)C)C6)cc4)n3)n2)n1. The molecule has 79 heavy (non-hydrogen) atoms. The number of aromatic nitrogens is 5. The van der Waals surface area contributed by atoms with Crippen molar-refractivity contribution in [3.8, 4) is 11.5 Å². The third-order valence-corrected chi connectivity index (χ3v) is 14.4. The van der Waals surface area contributed by atoms with Gasteiger partial charge in [0.2, 0.25) is 5.95 Å². The average molecular weight is 1080 g/mol. The summed E-state index contributed by atoms with van der Waals surface area (Å²) in [5.74, 6) is 2.22. The minimum Gasteiger partial charge on any atom is -0.444 e. The largest absolute Gasteiger partial charge is 0.444 e. The van der Waals surface area contributed by atoms with E-state index in [0.29, 0.717) is 66.4 Å². The minimum atomic E-state index is -0.492. The predicted molar refractivity (Wildman–Crippen MR) is 308 cm³/mol. The zero-order valence-electron chi connectivity index (χ0n) is 47.6. The summed E-state index contributed by atoms with van der Waals surface area (Å²) >= 11 is 0. The zero-order chi connectivity index (χ0) is 56.2. The number of benzene rings is 2. The van der Waals surface area contributed by atoms with Crippen molar-refractivity contribution >= 4 is 58.6 Å². The van der Waals surface area contributed by atoms with Crippen molar-refractivity contribution in [3.63, 3.8) is 0 Å². The molecule has 6 fully saturated rings. The second kappa shape index (κ2) is 23.5. The highest BCUT2D eigenvalue weighted by atomic mass is 16.6. The van der Waals surface area contributed by atoms with Crippen molar-refractivity contribution in [2.75, 3.05) is 65.4 Å². The number of carbonyl (C=O) groups excluding carboxylic acids is 3. The standard InChI is InChI=1S/C31H35N9O2.C17H25N3O2.C11H20N2O2/c1-20-6-5-7-25(34-20)28-32-16-14-26(37-28)36-27-15-17-33-29(38-27)35-21-8-10-22(11-9-21)40-23-12-13-24(40)19-39(18-23)30(41)42-31(2,3)4;1-17(2,3)22-16(21)19-10-14-8-9-15(11-19)20(14)13-6-4-12(18)5-7-13;1-11(2,3)15-10(14)13-6-8-4-5-9(7-13)12-8/h5-11,14-17,23-24H,12-13,18-19H2,1-4H3,(H2,32,33,35,36,37,38);4-7,14-15H,8-11,18H2,1-3H3;8-9,12H,4-7H2,1-3H3. The number of fused-ring (bicyclic) bond motifs is 6. The van der Waals surface area contributed by atoms with Crippen LogP contribution in [-0.4, -0.2) is 150 Å². The van der Waals surface area contributed by atoms with Crippen LogP contribution >= 0.6 is 0 Å². The number of hydrogen-bond acceptors (Lipinski definition) is 17. The third-order valence-electron chi connectivity index (χ3n) is 14.4. The number of nitrogen functional groups attached to an aromatic ring is 1. The van der Waals surface area contributed by atoms with E-state index in [1.54, 1.807) is 24.5 Å². The molecule has 11 rings (SSSR count). The summed E-state index contributed by atoms with van der Waals surface area (Å²) in [5.41, 5.74) is 10.1. The van der Waals surface area contributed by atoms with Gasteiger partial charge < -0.3 is 60.4 Å². The summed E-state index contributed by atoms with van der Waals surface area (Å²) in [6.45, 7) is 23.5. The molecular formula is C59H80N14O6. The van der Waals surface area contributed by atoms with Gasteiger partial charge in [-0.2, -0.15) is 4.98 Å². The van der Waals surface area contributed by atoms with Gasteiger partial charge in [0.15, 0.2) is 5.82 Å². The molecule has 422 valence electrons. The van der Waals surface area contributed by atoms with Gasteiger partial charge in [0.05, 0.1) is 0 Å². The molecule has 5 aromatic rings. The number of nitrogens with one attached hydrogen (secondary N) is 3. The normalized spacial score (nSPS) is 22.2. The van der Waals surface area contributed by atoms with E-state index in [1.807, 2.05) is 126 Å². The van der Waals surface area contributed by atoms with Gasteiger partial charge in [-0.25, -0.2) is 34.3 Å². The number of rotatable bonds is 7. The molecule has 0 aliphatic carbocycles. The molecule has 6 aliphatic heterocycles. The second-order valence-electron chi connectivity index (χ2n) is 24.5. The van der Waals surface area contributed by atoms with Crippen molar-refractivity contribution in [1.29, 1.82) is 0 Å². The predicted octanol–water partition coefficient (Wildman–Crippen LogP) is 9.93. The summed E-state index contributed by atoms with van der Waals surface area (Å²) in [6, 6.07) is 27.9. The fraction of sp³-hybridized carbons (Fsp3) is 0.525. The maximum atomic E-state index is 12.7. The van der Waals surface area contributed by atoms with E-state index in [-0.39, 0.29) is 36.0 Å². The van der Waals surface area contributed by atoms with Crippen molar-refractivity contribution in [2.45, 2.75) is 161 Å². The number of pyridine rings is 1. The van der Waals surface area contributed by atoms with Crippen LogP contribution in [0.1, 0.15) is 107 Å². The van der Waals surface area contributed by atoms with Crippen LogP contribution < -0.4 is 31.5 Å². The highest BCUT2D eigenvalue weighted by Crippen LogP contribution is 2.38. The number of ether oxygens (including phenoxy) is 3. The van der Waals surface area contributed by atoms with Crippen LogP contribution in [0.5, 0.6) is 0 Å². The summed E-state index contributed by atoms with van der Waals surface area (Å²) in [5, 5.41) is 10.0. The Balaban J connectivity index is 0.000000169. The van der Waals surface area contributed by atoms with Crippen LogP contribution in [-0.2, 0) is 14.2 Å². The lowest BCUT2D eigenvalue weighted by Crippen LogP contribution is -2.56. The van der Waals surface area contributed by atoms with E-state index in [9.17, 15) is 14.4 Å². The first-order valence-electron chi connectivity index (χ1n) is 27.8. The Morgan fingerprint density at radius 1 is 0.532 bits per heavy atom. The number of aryl methyl sites for hydroxylation is 1. The molecule has 0 spiro atoms. The Morgan fingerprint density at radius 3 is 1.44 bits per heavy atom. The van der Waals surface area contributed by atoms with Gasteiger partial charge >= 0.3 is 18.3 Å². The molecular weight excluding hydrogens is 1000 g/mol. The lowest BCUT2D eigenvalue weighted by Gasteiger charge is -2.42. The van der Waals surface area contributed by atoms with Crippen molar-refractivity contribution < 1.29 is 28.6 Å². The quantitative estimate of drug-likeness (QED) is 0.0879. The first-order chi connectivity index (χ1) is 37.5. The van der Waals surface area contributed by atoms with Crippen LogP contribution in [0.4, 0.5) is 54.7 Å². The van der Waals surface area contributed by atoms with Crippen molar-refractivity contribution in [3.05, 3.63) is 97.0 Å². The topological polar surface area (TPSA) is 222 Å². The molecule has 3 amide bonds. The second-order valence-corrected chi connectivity index (χ2v) is 24.5. The Kier molecular flexibility index (Phi) is 16.7. The van der Waals surface area contributed by atoms with E-state index >= 15 is 0 Å². The molecule has 6 aliphatic rings. The Bertz CT molecular complexity index is 2870. The Hall–Kier alpha value is -7.48. The molecule has 3 aromatic heterocycles. The smallest absolute Gasteiger partial charge is 0.410 e. The van der Waals surface area contributed by atoms with E-state index < -0.39 is 11.2 Å². The van der Waals surface area contributed by atoms with Crippen LogP contribution in [0, 0.1) is 6.92 Å². The van der Waals surface area contributed by atoms with E-state index in [4.69, 9.17) is 19.9 Å². The summed E-state index contributed by atoms with van der Waals surface area (Å²) in [6.07, 6.45) is 9.54. The van der Waals surface area contributed by atoms with Gasteiger partial charge in [0.25, 0.3) is 0 Å². The molecule has 6 atom stereocenters. The number of carbonyl (C=O) groups is 3.